The fourth-order valence-electron chi connectivity index (χ4n) is 3.75. The number of oxazole rings is 1. The smallest absolute Gasteiger partial charge is 0.250 e. The summed E-state index contributed by atoms with van der Waals surface area (Å²) in [6, 6.07) is 6.35. The molecule has 0 atom stereocenters. The van der Waals surface area contributed by atoms with Crippen LogP contribution in [0.4, 0.5) is 8.78 Å². The highest BCUT2D eigenvalue weighted by Crippen LogP contribution is 2.37. The molecule has 152 valence electrons. The molecule has 1 N–H and O–H groups in total. The second-order valence-electron chi connectivity index (χ2n) is 7.98. The first-order chi connectivity index (χ1) is 13.7. The van der Waals surface area contributed by atoms with Gasteiger partial charge < -0.3 is 14.1 Å². The minimum Gasteiger partial charge on any atom is -0.437 e. The molecule has 2 heterocycles. The first-order valence-electron chi connectivity index (χ1n) is 9.66. The molecule has 4 rings (SSSR count). The molecule has 0 bridgehead atoms. The maximum atomic E-state index is 14.5. The largest absolute Gasteiger partial charge is 0.437 e. The molecule has 1 aliphatic rings. The van der Waals surface area contributed by atoms with Crippen LogP contribution in [0.5, 0.6) is 0 Å². The predicted octanol–water partition coefficient (Wildman–Crippen LogP) is 4.79. The quantitative estimate of drug-likeness (QED) is 0.684. The molecule has 0 aliphatic heterocycles. The Kier molecular flexibility index (Phi) is 4.86. The van der Waals surface area contributed by atoms with Crippen molar-refractivity contribution in [1.29, 1.82) is 0 Å². The van der Waals surface area contributed by atoms with E-state index in [0.717, 1.165) is 37.8 Å². The van der Waals surface area contributed by atoms with Crippen LogP contribution in [0.2, 0.25) is 0 Å². The number of nitrogens with zero attached hydrogens (tertiary/aromatic N) is 2. The number of hydrogen-bond acceptors (Lipinski definition) is 4. The number of rotatable bonds is 4. The van der Waals surface area contributed by atoms with Crippen LogP contribution in [-0.4, -0.2) is 14.7 Å². The van der Waals surface area contributed by atoms with E-state index < -0.39 is 17.2 Å². The SMILES string of the molecule is CC(C)(O)c1nc(-c2ccc(=O)n(C3CCCC3)c2)c(-c2ccc(F)cc2F)o1. The Morgan fingerprint density at radius 1 is 1.17 bits per heavy atom. The third-order valence-electron chi connectivity index (χ3n) is 5.26. The van der Waals surface area contributed by atoms with Gasteiger partial charge in [-0.1, -0.05) is 12.8 Å². The summed E-state index contributed by atoms with van der Waals surface area (Å²) in [5.74, 6) is -1.42. The summed E-state index contributed by atoms with van der Waals surface area (Å²) in [6.07, 6.45) is 5.70. The first kappa shape index (κ1) is 19.5. The highest BCUT2D eigenvalue weighted by atomic mass is 19.1. The van der Waals surface area contributed by atoms with Crippen molar-refractivity contribution in [3.05, 3.63) is 64.4 Å². The molecular formula is C22H22F2N2O3. The predicted molar refractivity (Wildman–Crippen MR) is 104 cm³/mol. The second-order valence-corrected chi connectivity index (χ2v) is 7.98. The van der Waals surface area contributed by atoms with Gasteiger partial charge in [-0.2, -0.15) is 0 Å². The van der Waals surface area contributed by atoms with Gasteiger partial charge in [0.25, 0.3) is 5.56 Å². The van der Waals surface area contributed by atoms with Crippen LogP contribution < -0.4 is 5.56 Å². The van der Waals surface area contributed by atoms with E-state index in [1.165, 1.54) is 26.0 Å². The summed E-state index contributed by atoms with van der Waals surface area (Å²) in [5, 5.41) is 10.3. The van der Waals surface area contributed by atoms with E-state index >= 15 is 0 Å². The van der Waals surface area contributed by atoms with Gasteiger partial charge in [-0.25, -0.2) is 13.8 Å². The average Bonchev–Trinajstić information content (AvgIpc) is 3.31. The average molecular weight is 400 g/mol. The van der Waals surface area contributed by atoms with Crippen molar-refractivity contribution < 1.29 is 18.3 Å². The van der Waals surface area contributed by atoms with Crippen molar-refractivity contribution in [2.24, 2.45) is 0 Å². The lowest BCUT2D eigenvalue weighted by atomic mass is 10.1. The van der Waals surface area contributed by atoms with E-state index in [0.29, 0.717) is 11.3 Å². The molecule has 0 unspecified atom stereocenters. The van der Waals surface area contributed by atoms with Crippen molar-refractivity contribution in [3.63, 3.8) is 0 Å². The molecule has 0 amide bonds. The number of pyridine rings is 1. The molecule has 2 aromatic heterocycles. The van der Waals surface area contributed by atoms with Gasteiger partial charge in [0.15, 0.2) is 5.76 Å². The standard InChI is InChI=1S/C22H22F2N2O3/c1-22(2,28)21-25-19(20(29-21)16-9-8-14(23)11-17(16)24)13-7-10-18(27)26(12-13)15-5-3-4-6-15/h7-12,15,28H,3-6H2,1-2H3. The Bertz CT molecular complexity index is 1110. The van der Waals surface area contributed by atoms with Gasteiger partial charge >= 0.3 is 0 Å². The number of aliphatic hydroxyl groups is 1. The number of aromatic nitrogens is 2. The molecule has 29 heavy (non-hydrogen) atoms. The van der Waals surface area contributed by atoms with Crippen LogP contribution in [0.25, 0.3) is 22.6 Å². The lowest BCUT2D eigenvalue weighted by Crippen LogP contribution is -2.22. The Morgan fingerprint density at radius 2 is 1.90 bits per heavy atom. The Labute approximate surface area is 166 Å². The van der Waals surface area contributed by atoms with E-state index in [-0.39, 0.29) is 28.8 Å². The normalized spacial score (nSPS) is 15.2. The zero-order chi connectivity index (χ0) is 20.8. The maximum absolute atomic E-state index is 14.5. The summed E-state index contributed by atoms with van der Waals surface area (Å²) in [7, 11) is 0. The van der Waals surface area contributed by atoms with Gasteiger partial charge in [-0.05, 0) is 44.9 Å². The third kappa shape index (κ3) is 3.74. The maximum Gasteiger partial charge on any atom is 0.250 e. The van der Waals surface area contributed by atoms with Gasteiger partial charge in [0.2, 0.25) is 5.89 Å². The van der Waals surface area contributed by atoms with Gasteiger partial charge in [0.05, 0.1) is 5.56 Å². The molecular weight excluding hydrogens is 378 g/mol. The van der Waals surface area contributed by atoms with Crippen LogP contribution >= 0.6 is 0 Å². The number of halogens is 2. The van der Waals surface area contributed by atoms with E-state index in [1.54, 1.807) is 16.8 Å². The topological polar surface area (TPSA) is 68.3 Å². The van der Waals surface area contributed by atoms with Crippen LogP contribution in [0.1, 0.15) is 51.5 Å². The molecule has 5 nitrogen and oxygen atoms in total. The minimum atomic E-state index is -1.40. The Hall–Kier alpha value is -2.80. The van der Waals surface area contributed by atoms with Crippen molar-refractivity contribution in [1.82, 2.24) is 9.55 Å². The first-order valence-corrected chi connectivity index (χ1v) is 9.66. The fourth-order valence-corrected chi connectivity index (χ4v) is 3.75. The second kappa shape index (κ2) is 7.22. The molecule has 0 radical (unpaired) electrons. The monoisotopic (exact) mass is 400 g/mol. The van der Waals surface area contributed by atoms with E-state index in [2.05, 4.69) is 4.98 Å². The summed E-state index contributed by atoms with van der Waals surface area (Å²) < 4.78 is 35.3. The van der Waals surface area contributed by atoms with E-state index in [9.17, 15) is 18.7 Å². The van der Waals surface area contributed by atoms with Gasteiger partial charge in [0.1, 0.15) is 22.9 Å². The number of hydrogen-bond donors (Lipinski definition) is 1. The molecule has 3 aromatic rings. The zero-order valence-corrected chi connectivity index (χ0v) is 16.3. The lowest BCUT2D eigenvalue weighted by molar-refractivity contribution is 0.0490. The minimum absolute atomic E-state index is 0.00448. The van der Waals surface area contributed by atoms with Crippen LogP contribution in [-0.2, 0) is 5.60 Å². The molecule has 0 saturated heterocycles. The van der Waals surface area contributed by atoms with Crippen LogP contribution in [0, 0.1) is 11.6 Å². The highest BCUT2D eigenvalue weighted by molar-refractivity contribution is 5.77. The number of benzene rings is 1. The zero-order valence-electron chi connectivity index (χ0n) is 16.3. The summed E-state index contributed by atoms with van der Waals surface area (Å²) >= 11 is 0. The van der Waals surface area contributed by atoms with Crippen molar-refractivity contribution >= 4 is 0 Å². The summed E-state index contributed by atoms with van der Waals surface area (Å²) in [6.45, 7) is 3.01. The third-order valence-corrected chi connectivity index (χ3v) is 5.26. The van der Waals surface area contributed by atoms with Crippen molar-refractivity contribution in [2.75, 3.05) is 0 Å². The van der Waals surface area contributed by atoms with Crippen molar-refractivity contribution in [2.45, 2.75) is 51.2 Å². The van der Waals surface area contributed by atoms with Crippen LogP contribution in [0.3, 0.4) is 0 Å². The molecule has 1 aliphatic carbocycles. The highest BCUT2D eigenvalue weighted by Gasteiger charge is 2.29. The molecule has 1 fully saturated rings. The van der Waals surface area contributed by atoms with Gasteiger partial charge in [-0.15, -0.1) is 0 Å². The van der Waals surface area contributed by atoms with Crippen LogP contribution in [0.15, 0.2) is 45.7 Å². The molecule has 1 aromatic carbocycles. The fraction of sp³-hybridized carbons (Fsp3) is 0.364. The Morgan fingerprint density at radius 3 is 2.55 bits per heavy atom. The summed E-state index contributed by atoms with van der Waals surface area (Å²) in [5.41, 5.74) is -0.623. The van der Waals surface area contributed by atoms with Crippen molar-refractivity contribution in [3.8, 4) is 22.6 Å². The van der Waals surface area contributed by atoms with E-state index in [4.69, 9.17) is 4.42 Å². The molecule has 7 heteroatoms. The van der Waals surface area contributed by atoms with E-state index in [1.807, 2.05) is 0 Å². The lowest BCUT2D eigenvalue weighted by Gasteiger charge is -2.14. The molecule has 1 saturated carbocycles. The van der Waals surface area contributed by atoms with Gasteiger partial charge in [-0.3, -0.25) is 4.79 Å². The molecule has 0 spiro atoms. The summed E-state index contributed by atoms with van der Waals surface area (Å²) in [4.78, 5) is 16.8. The Balaban J connectivity index is 1.90. The van der Waals surface area contributed by atoms with Gasteiger partial charge in [0, 0.05) is 29.9 Å².